The molecule has 1 unspecified atom stereocenters. The van der Waals surface area contributed by atoms with Crippen LogP contribution in [0.5, 0.6) is 0 Å². The molecular weight excluding hydrogens is 258 g/mol. The van der Waals surface area contributed by atoms with Crippen LogP contribution in [0.25, 0.3) is 11.0 Å². The van der Waals surface area contributed by atoms with Crippen LogP contribution in [0.2, 0.25) is 0 Å². The third-order valence-electron chi connectivity index (χ3n) is 3.62. The average Bonchev–Trinajstić information content (AvgIpc) is 3.07. The van der Waals surface area contributed by atoms with E-state index in [1.165, 1.54) is 12.2 Å². The normalized spacial score (nSPS) is 19.4. The van der Waals surface area contributed by atoms with E-state index in [4.69, 9.17) is 4.42 Å². The predicted molar refractivity (Wildman–Crippen MR) is 78.9 cm³/mol. The van der Waals surface area contributed by atoms with Gasteiger partial charge in [0.15, 0.2) is 5.76 Å². The molecular formula is C15H17NO2S. The molecule has 1 aliphatic rings. The van der Waals surface area contributed by atoms with Crippen LogP contribution < -0.4 is 0 Å². The molecule has 100 valence electrons. The zero-order valence-corrected chi connectivity index (χ0v) is 11.8. The number of thioether (sulfide) groups is 1. The summed E-state index contributed by atoms with van der Waals surface area (Å²) in [6, 6.07) is 10.1. The highest BCUT2D eigenvalue weighted by atomic mass is 32.2. The third-order valence-corrected chi connectivity index (χ3v) is 4.77. The summed E-state index contributed by atoms with van der Waals surface area (Å²) in [6.07, 6.45) is 1.18. The van der Waals surface area contributed by atoms with Gasteiger partial charge in [0.25, 0.3) is 0 Å². The number of ketones is 1. The fourth-order valence-corrected chi connectivity index (χ4v) is 3.72. The molecule has 3 rings (SSSR count). The molecule has 0 saturated carbocycles. The monoisotopic (exact) mass is 275 g/mol. The van der Waals surface area contributed by atoms with E-state index in [-0.39, 0.29) is 5.78 Å². The molecule has 1 saturated heterocycles. The lowest BCUT2D eigenvalue weighted by Crippen LogP contribution is -2.35. The first-order valence-corrected chi connectivity index (χ1v) is 7.69. The smallest absolute Gasteiger partial charge is 0.211 e. The van der Waals surface area contributed by atoms with Crippen molar-refractivity contribution in [1.82, 2.24) is 4.90 Å². The van der Waals surface area contributed by atoms with Crippen molar-refractivity contribution in [3.63, 3.8) is 0 Å². The van der Waals surface area contributed by atoms with Crippen molar-refractivity contribution in [2.45, 2.75) is 12.5 Å². The summed E-state index contributed by atoms with van der Waals surface area (Å²) in [6.45, 7) is 0.436. The van der Waals surface area contributed by atoms with Gasteiger partial charge in [0.05, 0.1) is 6.54 Å². The molecule has 1 aromatic carbocycles. The Bertz CT molecular complexity index is 554. The van der Waals surface area contributed by atoms with Gasteiger partial charge >= 0.3 is 0 Å². The zero-order chi connectivity index (χ0) is 13.2. The largest absolute Gasteiger partial charge is 0.453 e. The van der Waals surface area contributed by atoms with Gasteiger partial charge < -0.3 is 4.42 Å². The summed E-state index contributed by atoms with van der Waals surface area (Å²) in [5.74, 6) is 2.87. The molecule has 0 aliphatic carbocycles. The summed E-state index contributed by atoms with van der Waals surface area (Å²) >= 11 is 1.96. The summed E-state index contributed by atoms with van der Waals surface area (Å²) in [5, 5.41) is 0.991. The fourth-order valence-electron chi connectivity index (χ4n) is 2.42. The van der Waals surface area contributed by atoms with Crippen molar-refractivity contribution < 1.29 is 9.21 Å². The van der Waals surface area contributed by atoms with Crippen molar-refractivity contribution in [2.75, 3.05) is 25.1 Å². The van der Waals surface area contributed by atoms with Gasteiger partial charge in [-0.3, -0.25) is 9.69 Å². The molecule has 19 heavy (non-hydrogen) atoms. The summed E-state index contributed by atoms with van der Waals surface area (Å²) in [4.78, 5) is 14.4. The maximum atomic E-state index is 12.2. The quantitative estimate of drug-likeness (QED) is 0.803. The van der Waals surface area contributed by atoms with E-state index in [0.717, 1.165) is 16.7 Å². The van der Waals surface area contributed by atoms with Crippen molar-refractivity contribution in [1.29, 1.82) is 0 Å². The van der Waals surface area contributed by atoms with Crippen molar-refractivity contribution in [3.8, 4) is 0 Å². The SMILES string of the molecule is CN(CC(=O)c1cc2ccccc2o1)C1CCSC1. The molecule has 1 atom stereocenters. The molecule has 0 spiro atoms. The number of nitrogens with zero attached hydrogens (tertiary/aromatic N) is 1. The van der Waals surface area contributed by atoms with Crippen LogP contribution in [0.4, 0.5) is 0 Å². The van der Waals surface area contributed by atoms with Gasteiger partial charge in [-0.1, -0.05) is 18.2 Å². The molecule has 0 amide bonds. The summed E-state index contributed by atoms with van der Waals surface area (Å²) < 4.78 is 5.61. The molecule has 2 heterocycles. The summed E-state index contributed by atoms with van der Waals surface area (Å²) in [7, 11) is 2.02. The minimum absolute atomic E-state index is 0.0654. The first-order chi connectivity index (χ1) is 9.24. The second kappa shape index (κ2) is 5.39. The number of hydrogen-bond donors (Lipinski definition) is 0. The molecule has 0 bridgehead atoms. The molecule has 1 aliphatic heterocycles. The van der Waals surface area contributed by atoms with Gasteiger partial charge in [-0.05, 0) is 31.4 Å². The van der Waals surface area contributed by atoms with E-state index in [2.05, 4.69) is 4.90 Å². The van der Waals surface area contributed by atoms with E-state index in [1.807, 2.05) is 49.1 Å². The first kappa shape index (κ1) is 12.8. The van der Waals surface area contributed by atoms with Crippen LogP contribution in [0, 0.1) is 0 Å². The Morgan fingerprint density at radius 1 is 1.47 bits per heavy atom. The topological polar surface area (TPSA) is 33.5 Å². The maximum absolute atomic E-state index is 12.2. The Kier molecular flexibility index (Phi) is 3.62. The van der Waals surface area contributed by atoms with Gasteiger partial charge in [-0.2, -0.15) is 11.8 Å². The number of hydrogen-bond acceptors (Lipinski definition) is 4. The lowest BCUT2D eigenvalue weighted by molar-refractivity contribution is 0.0901. The molecule has 2 aromatic rings. The van der Waals surface area contributed by atoms with Crippen LogP contribution in [-0.2, 0) is 0 Å². The predicted octanol–water partition coefficient (Wildman–Crippen LogP) is 3.05. The fraction of sp³-hybridized carbons (Fsp3) is 0.400. The Balaban J connectivity index is 1.72. The highest BCUT2D eigenvalue weighted by molar-refractivity contribution is 7.99. The minimum Gasteiger partial charge on any atom is -0.453 e. The number of furan rings is 1. The Hall–Kier alpha value is -1.26. The van der Waals surface area contributed by atoms with Gasteiger partial charge in [-0.15, -0.1) is 0 Å². The number of benzene rings is 1. The lowest BCUT2D eigenvalue weighted by Gasteiger charge is -2.21. The third kappa shape index (κ3) is 2.69. The van der Waals surface area contributed by atoms with Crippen LogP contribution >= 0.6 is 11.8 Å². The van der Waals surface area contributed by atoms with E-state index in [1.54, 1.807) is 0 Å². The van der Waals surface area contributed by atoms with Gasteiger partial charge in [0, 0.05) is 17.2 Å². The highest BCUT2D eigenvalue weighted by Crippen LogP contribution is 2.23. The number of carbonyl (C=O) groups excluding carboxylic acids is 1. The van der Waals surface area contributed by atoms with Crippen molar-refractivity contribution in [3.05, 3.63) is 36.1 Å². The summed E-state index contributed by atoms with van der Waals surface area (Å²) in [5.41, 5.74) is 0.782. The molecule has 3 nitrogen and oxygen atoms in total. The molecule has 4 heteroatoms. The Labute approximate surface area is 117 Å². The van der Waals surface area contributed by atoms with E-state index >= 15 is 0 Å². The number of carbonyl (C=O) groups is 1. The molecule has 1 fully saturated rings. The van der Waals surface area contributed by atoms with Crippen LogP contribution in [0.1, 0.15) is 17.0 Å². The Morgan fingerprint density at radius 2 is 2.32 bits per heavy atom. The maximum Gasteiger partial charge on any atom is 0.211 e. The zero-order valence-electron chi connectivity index (χ0n) is 11.0. The highest BCUT2D eigenvalue weighted by Gasteiger charge is 2.23. The second-order valence-corrected chi connectivity index (χ2v) is 6.15. The minimum atomic E-state index is 0.0654. The van der Waals surface area contributed by atoms with Crippen molar-refractivity contribution >= 4 is 28.5 Å². The molecule has 0 N–H and O–H groups in total. The van der Waals surface area contributed by atoms with Crippen molar-refractivity contribution in [2.24, 2.45) is 0 Å². The average molecular weight is 275 g/mol. The molecule has 1 aromatic heterocycles. The van der Waals surface area contributed by atoms with Gasteiger partial charge in [0.2, 0.25) is 5.78 Å². The first-order valence-electron chi connectivity index (χ1n) is 6.54. The standard InChI is InChI=1S/C15H17NO2S/c1-16(12-6-7-19-10-12)9-13(17)15-8-11-4-2-3-5-14(11)18-15/h2-5,8,12H,6-7,9-10H2,1H3. The lowest BCUT2D eigenvalue weighted by atomic mass is 10.2. The van der Waals surface area contributed by atoms with E-state index in [0.29, 0.717) is 18.3 Å². The molecule has 0 radical (unpaired) electrons. The number of likely N-dealkylation sites (N-methyl/N-ethyl adjacent to an activating group) is 1. The number of para-hydroxylation sites is 1. The van der Waals surface area contributed by atoms with Crippen LogP contribution in [0.15, 0.2) is 34.7 Å². The van der Waals surface area contributed by atoms with Gasteiger partial charge in [-0.25, -0.2) is 0 Å². The van der Waals surface area contributed by atoms with Crippen LogP contribution in [-0.4, -0.2) is 41.8 Å². The number of rotatable bonds is 4. The Morgan fingerprint density at radius 3 is 3.05 bits per heavy atom. The number of fused-ring (bicyclic) bond motifs is 1. The van der Waals surface area contributed by atoms with E-state index < -0.39 is 0 Å². The van der Waals surface area contributed by atoms with E-state index in [9.17, 15) is 4.79 Å². The number of Topliss-reactive ketones (excluding diaryl/α,β-unsaturated/α-hetero) is 1. The van der Waals surface area contributed by atoms with Gasteiger partial charge in [0.1, 0.15) is 5.58 Å². The second-order valence-electron chi connectivity index (χ2n) is 5.00. The van der Waals surface area contributed by atoms with Crippen LogP contribution in [0.3, 0.4) is 0 Å².